The summed E-state index contributed by atoms with van der Waals surface area (Å²) in [7, 11) is 0. The highest BCUT2D eigenvalue weighted by Crippen LogP contribution is 2.45. The van der Waals surface area contributed by atoms with Gasteiger partial charge in [-0.25, -0.2) is 14.8 Å². The number of primary amides is 1. The van der Waals surface area contributed by atoms with Gasteiger partial charge in [-0.15, -0.1) is 0 Å². The predicted molar refractivity (Wildman–Crippen MR) is 141 cm³/mol. The van der Waals surface area contributed by atoms with Crippen molar-refractivity contribution in [2.45, 2.75) is 24.9 Å². The number of carbonyl (C=O) groups is 2. The first-order valence-corrected chi connectivity index (χ1v) is 12.5. The van der Waals surface area contributed by atoms with Crippen molar-refractivity contribution in [1.82, 2.24) is 9.97 Å². The second kappa shape index (κ2) is 11.3. The van der Waals surface area contributed by atoms with Crippen molar-refractivity contribution in [2.24, 2.45) is 5.73 Å². The van der Waals surface area contributed by atoms with Crippen LogP contribution in [0.4, 0.5) is 43.7 Å². The van der Waals surface area contributed by atoms with Crippen molar-refractivity contribution in [1.29, 1.82) is 5.26 Å². The normalized spacial score (nSPS) is 15.4. The van der Waals surface area contributed by atoms with Gasteiger partial charge < -0.3 is 26.0 Å². The third-order valence-electron chi connectivity index (χ3n) is 6.87. The van der Waals surface area contributed by atoms with Gasteiger partial charge in [0.1, 0.15) is 6.07 Å². The Morgan fingerprint density at radius 3 is 2.21 bits per heavy atom. The number of amides is 1. The quantitative estimate of drug-likeness (QED) is 0.317. The van der Waals surface area contributed by atoms with Gasteiger partial charge >= 0.3 is 23.9 Å². The molecule has 1 aliphatic rings. The van der Waals surface area contributed by atoms with Crippen molar-refractivity contribution >= 4 is 29.2 Å². The van der Waals surface area contributed by atoms with Crippen LogP contribution in [0.15, 0.2) is 48.7 Å². The number of para-hydroxylation sites is 1. The molecule has 10 nitrogen and oxygen atoms in total. The number of alkyl halides is 6. The molecule has 16 heteroatoms. The zero-order chi connectivity index (χ0) is 31.7. The van der Waals surface area contributed by atoms with Gasteiger partial charge in [0.2, 0.25) is 0 Å². The number of nitrogens with zero attached hydrogens (tertiary/aromatic N) is 5. The molecule has 4 rings (SSSR count). The monoisotopic (exact) mass is 607 g/mol. The fraction of sp³-hybridized carbons (Fsp3) is 0.296. The summed E-state index contributed by atoms with van der Waals surface area (Å²) in [5.41, 5.74) is 6.85. The van der Waals surface area contributed by atoms with E-state index in [9.17, 15) is 41.2 Å². The summed E-state index contributed by atoms with van der Waals surface area (Å²) in [4.78, 5) is 36.0. The summed E-state index contributed by atoms with van der Waals surface area (Å²) in [6, 6.07) is 11.7. The maximum Gasteiger partial charge on any atom is 0.490 e. The molecule has 3 aromatic rings. The molecule has 1 saturated heterocycles. The average molecular weight is 608 g/mol. The lowest BCUT2D eigenvalue weighted by Crippen LogP contribution is -2.57. The number of nitrogens with two attached hydrogens (primary N) is 2. The molecular formula is C27H23F6N7O3. The van der Waals surface area contributed by atoms with Gasteiger partial charge in [0.15, 0.2) is 11.6 Å². The van der Waals surface area contributed by atoms with E-state index in [0.29, 0.717) is 43.4 Å². The standard InChI is InChI=1S/C27H23F6N7O3/c1-15-6-7-17(25(23(36)41,27(31,32)33)43-24(42)26(28,29)30)12-18(15)19-14-37-21(35)22(38-19)40-10-8-39(9-11-40)20-5-3-2-4-16(20)13-34/h2-7,12,14H,8-11H2,1H3,(H2,35,37)(H2,36,41). The Kier molecular flexibility index (Phi) is 8.12. The predicted octanol–water partition coefficient (Wildman–Crippen LogP) is 3.58. The van der Waals surface area contributed by atoms with Gasteiger partial charge in [0.05, 0.1) is 23.1 Å². The third kappa shape index (κ3) is 5.83. The van der Waals surface area contributed by atoms with E-state index in [4.69, 9.17) is 11.5 Å². The number of hydrogen-bond donors (Lipinski definition) is 2. The first-order valence-electron chi connectivity index (χ1n) is 12.5. The zero-order valence-corrected chi connectivity index (χ0v) is 22.3. The molecule has 43 heavy (non-hydrogen) atoms. The van der Waals surface area contributed by atoms with Crippen LogP contribution in [0.2, 0.25) is 0 Å². The number of anilines is 3. The van der Waals surface area contributed by atoms with E-state index in [2.05, 4.69) is 20.8 Å². The molecular weight excluding hydrogens is 584 g/mol. The van der Waals surface area contributed by atoms with E-state index in [1.54, 1.807) is 17.0 Å². The van der Waals surface area contributed by atoms with Crippen molar-refractivity contribution in [3.8, 4) is 17.3 Å². The summed E-state index contributed by atoms with van der Waals surface area (Å²) in [5.74, 6) is -5.44. The van der Waals surface area contributed by atoms with Crippen LogP contribution in [0.25, 0.3) is 11.3 Å². The molecule has 1 atom stereocenters. The van der Waals surface area contributed by atoms with Crippen molar-refractivity contribution in [3.63, 3.8) is 0 Å². The molecule has 0 spiro atoms. The topological polar surface area (TPSA) is 151 Å². The van der Waals surface area contributed by atoms with Crippen LogP contribution in [0.3, 0.4) is 0 Å². The molecule has 4 N–H and O–H groups in total. The molecule has 2 aromatic carbocycles. The largest absolute Gasteiger partial charge is 0.490 e. The molecule has 0 saturated carbocycles. The maximum atomic E-state index is 14.2. The maximum absolute atomic E-state index is 14.2. The first-order chi connectivity index (χ1) is 20.1. The number of esters is 1. The first kappa shape index (κ1) is 30.9. The number of nitriles is 1. The van der Waals surface area contributed by atoms with Crippen LogP contribution in [-0.4, -0.2) is 60.4 Å². The van der Waals surface area contributed by atoms with Gasteiger partial charge in [-0.2, -0.15) is 31.6 Å². The minimum absolute atomic E-state index is 0.00399. The van der Waals surface area contributed by atoms with Gasteiger partial charge in [0, 0.05) is 37.3 Å². The highest BCUT2D eigenvalue weighted by Gasteiger charge is 2.66. The van der Waals surface area contributed by atoms with Crippen LogP contribution < -0.4 is 21.3 Å². The Labute approximate surface area is 240 Å². The summed E-state index contributed by atoms with van der Waals surface area (Å²) in [6.07, 6.45) is -10.6. The van der Waals surface area contributed by atoms with Crippen LogP contribution in [0, 0.1) is 18.3 Å². The van der Waals surface area contributed by atoms with Crippen LogP contribution >= 0.6 is 0 Å². The van der Waals surface area contributed by atoms with Crippen molar-refractivity contribution in [2.75, 3.05) is 41.7 Å². The fourth-order valence-electron chi connectivity index (χ4n) is 4.68. The number of piperazine rings is 1. The molecule has 226 valence electrons. The molecule has 2 heterocycles. The van der Waals surface area contributed by atoms with Gasteiger partial charge in [-0.3, -0.25) is 4.79 Å². The number of nitrogen functional groups attached to an aromatic ring is 1. The number of aryl methyl sites for hydroxylation is 1. The Hall–Kier alpha value is -5.07. The lowest BCUT2D eigenvalue weighted by Gasteiger charge is -2.37. The molecule has 1 aliphatic heterocycles. The van der Waals surface area contributed by atoms with Crippen molar-refractivity contribution in [3.05, 3.63) is 65.4 Å². The summed E-state index contributed by atoms with van der Waals surface area (Å²) in [6.45, 7) is 3.18. The molecule has 0 radical (unpaired) electrons. The number of hydrogen-bond acceptors (Lipinski definition) is 9. The van der Waals surface area contributed by atoms with E-state index in [0.717, 1.165) is 24.0 Å². The number of rotatable bonds is 6. The SMILES string of the molecule is Cc1ccc(C(OC(=O)C(F)(F)F)(C(N)=O)C(F)(F)F)cc1-c1cnc(N)c(N2CCN(c3ccccc3C#N)CC2)n1. The van der Waals surface area contributed by atoms with Crippen LogP contribution in [0.5, 0.6) is 0 Å². The number of ether oxygens (including phenoxy) is 1. The summed E-state index contributed by atoms with van der Waals surface area (Å²) >= 11 is 0. The van der Waals surface area contributed by atoms with Gasteiger partial charge in [-0.05, 0) is 30.7 Å². The lowest BCUT2D eigenvalue weighted by molar-refractivity contribution is -0.280. The smallest absolute Gasteiger partial charge is 0.427 e. The molecule has 0 aliphatic carbocycles. The molecule has 1 fully saturated rings. The van der Waals surface area contributed by atoms with E-state index in [1.807, 2.05) is 17.0 Å². The Bertz CT molecular complexity index is 1600. The Balaban J connectivity index is 1.71. The summed E-state index contributed by atoms with van der Waals surface area (Å²) in [5, 5.41) is 9.42. The minimum Gasteiger partial charge on any atom is -0.427 e. The highest BCUT2D eigenvalue weighted by atomic mass is 19.4. The second-order valence-corrected chi connectivity index (χ2v) is 9.53. The molecule has 1 amide bonds. The van der Waals surface area contributed by atoms with E-state index >= 15 is 0 Å². The highest BCUT2D eigenvalue weighted by molar-refractivity contribution is 5.90. The fourth-order valence-corrected chi connectivity index (χ4v) is 4.68. The van der Waals surface area contributed by atoms with E-state index < -0.39 is 35.4 Å². The van der Waals surface area contributed by atoms with Crippen LogP contribution in [0.1, 0.15) is 16.7 Å². The molecule has 1 unspecified atom stereocenters. The average Bonchev–Trinajstić information content (AvgIpc) is 2.95. The Morgan fingerprint density at radius 1 is 1.00 bits per heavy atom. The number of aromatic nitrogens is 2. The number of halogens is 6. The van der Waals surface area contributed by atoms with E-state index in [1.165, 1.54) is 6.92 Å². The Morgan fingerprint density at radius 2 is 1.63 bits per heavy atom. The van der Waals surface area contributed by atoms with Gasteiger partial charge in [0.25, 0.3) is 5.91 Å². The summed E-state index contributed by atoms with van der Waals surface area (Å²) < 4.78 is 85.3. The van der Waals surface area contributed by atoms with E-state index in [-0.39, 0.29) is 22.9 Å². The lowest BCUT2D eigenvalue weighted by atomic mass is 9.88. The van der Waals surface area contributed by atoms with Crippen molar-refractivity contribution < 1.29 is 40.7 Å². The zero-order valence-electron chi connectivity index (χ0n) is 22.3. The second-order valence-electron chi connectivity index (χ2n) is 9.53. The third-order valence-corrected chi connectivity index (χ3v) is 6.87. The number of carbonyl (C=O) groups excluding carboxylic acids is 2. The van der Waals surface area contributed by atoms with Crippen LogP contribution in [-0.2, 0) is 19.9 Å². The minimum atomic E-state index is -5.87. The van der Waals surface area contributed by atoms with Gasteiger partial charge in [-0.1, -0.05) is 24.3 Å². The molecule has 0 bridgehead atoms. The number of benzene rings is 2. The molecule has 1 aromatic heterocycles.